The van der Waals surface area contributed by atoms with E-state index in [0.717, 1.165) is 29.8 Å². The van der Waals surface area contributed by atoms with Crippen LogP contribution in [0.2, 0.25) is 0 Å². The standard InChI is InChI=1S/C14H24OS/c1-11-6-8-12(9-7-11)14(15)10-16-13-4-2-3-5-13/h11-13H,2-10H2,1H3. The molecule has 0 radical (unpaired) electrons. The summed E-state index contributed by atoms with van der Waals surface area (Å²) < 4.78 is 0. The van der Waals surface area contributed by atoms with Gasteiger partial charge in [-0.15, -0.1) is 0 Å². The smallest absolute Gasteiger partial charge is 0.145 e. The van der Waals surface area contributed by atoms with Gasteiger partial charge in [0.15, 0.2) is 0 Å². The normalized spacial score (nSPS) is 31.8. The third-order valence-corrected chi connectivity index (χ3v) is 5.63. The van der Waals surface area contributed by atoms with Crippen LogP contribution in [0.25, 0.3) is 0 Å². The summed E-state index contributed by atoms with van der Waals surface area (Å²) in [7, 11) is 0. The van der Waals surface area contributed by atoms with Gasteiger partial charge in [0, 0.05) is 11.2 Å². The lowest BCUT2D eigenvalue weighted by atomic mass is 9.81. The van der Waals surface area contributed by atoms with Crippen molar-refractivity contribution in [2.45, 2.75) is 63.5 Å². The van der Waals surface area contributed by atoms with Crippen molar-refractivity contribution in [2.24, 2.45) is 11.8 Å². The molecule has 0 heterocycles. The van der Waals surface area contributed by atoms with Crippen LogP contribution in [-0.4, -0.2) is 16.8 Å². The number of hydrogen-bond acceptors (Lipinski definition) is 2. The van der Waals surface area contributed by atoms with Gasteiger partial charge >= 0.3 is 0 Å². The molecule has 0 saturated heterocycles. The minimum absolute atomic E-state index is 0.408. The Balaban J connectivity index is 1.67. The Labute approximate surface area is 104 Å². The second-order valence-electron chi connectivity index (χ2n) is 5.64. The summed E-state index contributed by atoms with van der Waals surface area (Å²) >= 11 is 1.94. The molecule has 2 rings (SSSR count). The molecule has 0 N–H and O–H groups in total. The van der Waals surface area contributed by atoms with E-state index < -0.39 is 0 Å². The molecule has 2 saturated carbocycles. The van der Waals surface area contributed by atoms with Gasteiger partial charge in [-0.3, -0.25) is 4.79 Å². The van der Waals surface area contributed by atoms with Crippen molar-refractivity contribution in [3.63, 3.8) is 0 Å². The highest BCUT2D eigenvalue weighted by Crippen LogP contribution is 2.33. The molecule has 0 spiro atoms. The average Bonchev–Trinajstić information content (AvgIpc) is 2.80. The van der Waals surface area contributed by atoms with Crippen LogP contribution in [0, 0.1) is 11.8 Å². The fraction of sp³-hybridized carbons (Fsp3) is 0.929. The molecule has 1 nitrogen and oxygen atoms in total. The lowest BCUT2D eigenvalue weighted by Crippen LogP contribution is -2.23. The lowest BCUT2D eigenvalue weighted by Gasteiger charge is -2.25. The van der Waals surface area contributed by atoms with E-state index in [1.165, 1.54) is 38.5 Å². The molecule has 2 heteroatoms. The maximum Gasteiger partial charge on any atom is 0.145 e. The summed E-state index contributed by atoms with van der Waals surface area (Å²) in [6.07, 6.45) is 10.3. The van der Waals surface area contributed by atoms with Crippen molar-refractivity contribution >= 4 is 17.5 Å². The zero-order valence-electron chi connectivity index (χ0n) is 10.4. The maximum absolute atomic E-state index is 12.0. The molecule has 0 aromatic carbocycles. The predicted molar refractivity (Wildman–Crippen MR) is 70.8 cm³/mol. The molecular weight excluding hydrogens is 216 g/mol. The third-order valence-electron chi connectivity index (χ3n) is 4.23. The Hall–Kier alpha value is 0.0200. The molecule has 0 unspecified atom stereocenters. The van der Waals surface area contributed by atoms with Crippen molar-refractivity contribution in [2.75, 3.05) is 5.75 Å². The zero-order valence-corrected chi connectivity index (χ0v) is 11.2. The van der Waals surface area contributed by atoms with E-state index in [9.17, 15) is 4.79 Å². The van der Waals surface area contributed by atoms with Gasteiger partial charge < -0.3 is 0 Å². The largest absolute Gasteiger partial charge is 0.298 e. The fourth-order valence-electron chi connectivity index (χ4n) is 2.95. The fourth-order valence-corrected chi connectivity index (χ4v) is 4.26. The first-order valence-electron chi connectivity index (χ1n) is 6.90. The molecule has 0 atom stereocenters. The van der Waals surface area contributed by atoms with E-state index in [0.29, 0.717) is 11.7 Å². The van der Waals surface area contributed by atoms with Gasteiger partial charge in [-0.05, 0) is 31.6 Å². The van der Waals surface area contributed by atoms with E-state index >= 15 is 0 Å². The molecule has 0 aromatic heterocycles. The van der Waals surface area contributed by atoms with Crippen LogP contribution in [-0.2, 0) is 4.79 Å². The summed E-state index contributed by atoms with van der Waals surface area (Å²) in [6, 6.07) is 0. The van der Waals surface area contributed by atoms with Gasteiger partial charge in [-0.2, -0.15) is 11.8 Å². The maximum atomic E-state index is 12.0. The van der Waals surface area contributed by atoms with Crippen LogP contribution >= 0.6 is 11.8 Å². The third kappa shape index (κ3) is 3.51. The van der Waals surface area contributed by atoms with Crippen molar-refractivity contribution in [1.82, 2.24) is 0 Å². The van der Waals surface area contributed by atoms with Gasteiger partial charge in [-0.25, -0.2) is 0 Å². The van der Waals surface area contributed by atoms with Gasteiger partial charge in [0.2, 0.25) is 0 Å². The van der Waals surface area contributed by atoms with Crippen LogP contribution in [0.5, 0.6) is 0 Å². The first kappa shape index (κ1) is 12.5. The van der Waals surface area contributed by atoms with Crippen molar-refractivity contribution in [3.05, 3.63) is 0 Å². The highest BCUT2D eigenvalue weighted by molar-refractivity contribution is 8.00. The first-order chi connectivity index (χ1) is 7.75. The van der Waals surface area contributed by atoms with E-state index in [4.69, 9.17) is 0 Å². The molecule has 2 fully saturated rings. The lowest BCUT2D eigenvalue weighted by molar-refractivity contribution is -0.121. The molecule has 0 amide bonds. The summed E-state index contributed by atoms with van der Waals surface area (Å²) in [5.74, 6) is 2.60. The summed E-state index contributed by atoms with van der Waals surface area (Å²) in [5, 5.41) is 0.798. The Morgan fingerprint density at radius 1 is 1.06 bits per heavy atom. The molecule has 2 aliphatic carbocycles. The molecule has 2 aliphatic rings. The summed E-state index contributed by atoms with van der Waals surface area (Å²) in [4.78, 5) is 12.0. The molecule has 16 heavy (non-hydrogen) atoms. The molecule has 0 aromatic rings. The van der Waals surface area contributed by atoms with Gasteiger partial charge in [0.05, 0.1) is 5.75 Å². The Bertz CT molecular complexity index is 225. The van der Waals surface area contributed by atoms with Crippen molar-refractivity contribution in [3.8, 4) is 0 Å². The van der Waals surface area contributed by atoms with E-state index in [1.807, 2.05) is 11.8 Å². The summed E-state index contributed by atoms with van der Waals surface area (Å²) in [5.41, 5.74) is 0. The highest BCUT2D eigenvalue weighted by atomic mass is 32.2. The minimum atomic E-state index is 0.408. The van der Waals surface area contributed by atoms with Crippen LogP contribution < -0.4 is 0 Å². The molecule has 0 aliphatic heterocycles. The van der Waals surface area contributed by atoms with E-state index in [2.05, 4.69) is 6.92 Å². The van der Waals surface area contributed by atoms with Crippen molar-refractivity contribution < 1.29 is 4.79 Å². The topological polar surface area (TPSA) is 17.1 Å². The molecular formula is C14H24OS. The quantitative estimate of drug-likeness (QED) is 0.737. The van der Waals surface area contributed by atoms with Gasteiger partial charge in [0.1, 0.15) is 5.78 Å². The second kappa shape index (κ2) is 6.09. The second-order valence-corrected chi connectivity index (χ2v) is 6.93. The average molecular weight is 240 g/mol. The Morgan fingerprint density at radius 3 is 2.31 bits per heavy atom. The zero-order chi connectivity index (χ0) is 11.4. The number of thioether (sulfide) groups is 1. The number of hydrogen-bond donors (Lipinski definition) is 0. The molecule has 92 valence electrons. The van der Waals surface area contributed by atoms with E-state index in [-0.39, 0.29) is 0 Å². The van der Waals surface area contributed by atoms with Crippen LogP contribution in [0.15, 0.2) is 0 Å². The summed E-state index contributed by atoms with van der Waals surface area (Å²) in [6.45, 7) is 2.31. The Morgan fingerprint density at radius 2 is 1.69 bits per heavy atom. The van der Waals surface area contributed by atoms with E-state index in [1.54, 1.807) is 0 Å². The minimum Gasteiger partial charge on any atom is -0.298 e. The monoisotopic (exact) mass is 240 g/mol. The highest BCUT2D eigenvalue weighted by Gasteiger charge is 2.25. The van der Waals surface area contributed by atoms with Gasteiger partial charge in [-0.1, -0.05) is 32.6 Å². The SMILES string of the molecule is CC1CCC(C(=O)CSC2CCCC2)CC1. The van der Waals surface area contributed by atoms with Gasteiger partial charge in [0.25, 0.3) is 0 Å². The van der Waals surface area contributed by atoms with Crippen LogP contribution in [0.3, 0.4) is 0 Å². The van der Waals surface area contributed by atoms with Crippen LogP contribution in [0.4, 0.5) is 0 Å². The number of rotatable bonds is 4. The first-order valence-corrected chi connectivity index (χ1v) is 7.95. The molecule has 0 bridgehead atoms. The predicted octanol–water partition coefficient (Wildman–Crippen LogP) is 4.06. The van der Waals surface area contributed by atoms with Crippen LogP contribution in [0.1, 0.15) is 58.3 Å². The number of Topliss-reactive ketones (excluding diaryl/α,β-unsaturated/α-hetero) is 1. The Kier molecular flexibility index (Phi) is 4.75. The number of ketones is 1. The van der Waals surface area contributed by atoms with Crippen molar-refractivity contribution in [1.29, 1.82) is 0 Å². The number of carbonyl (C=O) groups excluding carboxylic acids is 1. The number of carbonyl (C=O) groups is 1.